The lowest BCUT2D eigenvalue weighted by Gasteiger charge is -2.31. The normalized spacial score (nSPS) is 17.6. The van der Waals surface area contributed by atoms with E-state index in [0.29, 0.717) is 17.9 Å². The number of amides is 1. The SMILES string of the molecule is CN(C)C(=O)c1cccc(OCC2(O)CCCCC2)c1. The Balaban J connectivity index is 1.99. The molecule has 1 aliphatic rings. The number of carbonyl (C=O) groups is 1. The van der Waals surface area contributed by atoms with E-state index in [1.807, 2.05) is 6.07 Å². The summed E-state index contributed by atoms with van der Waals surface area (Å²) in [6, 6.07) is 7.12. The van der Waals surface area contributed by atoms with E-state index in [1.165, 1.54) is 11.3 Å². The van der Waals surface area contributed by atoms with Gasteiger partial charge in [0.25, 0.3) is 5.91 Å². The Morgan fingerprint density at radius 3 is 2.65 bits per heavy atom. The predicted octanol–water partition coefficient (Wildman–Crippen LogP) is 2.46. The molecule has 1 N–H and O–H groups in total. The summed E-state index contributed by atoms with van der Waals surface area (Å²) < 4.78 is 5.70. The third kappa shape index (κ3) is 3.73. The predicted molar refractivity (Wildman–Crippen MR) is 78.0 cm³/mol. The summed E-state index contributed by atoms with van der Waals surface area (Å²) in [6.45, 7) is 0.298. The summed E-state index contributed by atoms with van der Waals surface area (Å²) in [5.41, 5.74) is -0.108. The van der Waals surface area contributed by atoms with Crippen LogP contribution in [0.5, 0.6) is 5.75 Å². The molecule has 20 heavy (non-hydrogen) atoms. The maximum atomic E-state index is 11.9. The van der Waals surface area contributed by atoms with Crippen molar-refractivity contribution in [3.63, 3.8) is 0 Å². The molecule has 4 heteroatoms. The molecule has 0 aliphatic heterocycles. The van der Waals surface area contributed by atoms with Crippen LogP contribution in [0.25, 0.3) is 0 Å². The third-order valence-electron chi connectivity index (χ3n) is 3.78. The highest BCUT2D eigenvalue weighted by Gasteiger charge is 2.30. The number of benzene rings is 1. The van der Waals surface area contributed by atoms with Crippen LogP contribution in [-0.4, -0.2) is 42.2 Å². The molecular weight excluding hydrogens is 254 g/mol. The largest absolute Gasteiger partial charge is 0.491 e. The quantitative estimate of drug-likeness (QED) is 0.919. The van der Waals surface area contributed by atoms with Gasteiger partial charge in [-0.3, -0.25) is 4.79 Å². The summed E-state index contributed by atoms with van der Waals surface area (Å²) in [5.74, 6) is 0.587. The molecule has 0 atom stereocenters. The van der Waals surface area contributed by atoms with Crippen molar-refractivity contribution in [1.82, 2.24) is 4.90 Å². The smallest absolute Gasteiger partial charge is 0.253 e. The second-order valence-corrected chi connectivity index (χ2v) is 5.80. The number of ether oxygens (including phenoxy) is 1. The second-order valence-electron chi connectivity index (χ2n) is 5.80. The maximum Gasteiger partial charge on any atom is 0.253 e. The molecule has 0 spiro atoms. The van der Waals surface area contributed by atoms with E-state index < -0.39 is 5.60 Å². The third-order valence-corrected chi connectivity index (χ3v) is 3.78. The lowest BCUT2D eigenvalue weighted by molar-refractivity contribution is -0.0339. The topological polar surface area (TPSA) is 49.8 Å². The van der Waals surface area contributed by atoms with Crippen molar-refractivity contribution in [3.8, 4) is 5.75 Å². The zero-order valence-electron chi connectivity index (χ0n) is 12.3. The van der Waals surface area contributed by atoms with Gasteiger partial charge in [0.1, 0.15) is 12.4 Å². The summed E-state index contributed by atoms with van der Waals surface area (Å²) in [4.78, 5) is 13.4. The zero-order valence-corrected chi connectivity index (χ0v) is 12.3. The molecule has 0 radical (unpaired) electrons. The van der Waals surface area contributed by atoms with Crippen molar-refractivity contribution >= 4 is 5.91 Å². The summed E-state index contributed by atoms with van der Waals surface area (Å²) in [6.07, 6.45) is 4.89. The molecule has 0 heterocycles. The average Bonchev–Trinajstić information content (AvgIpc) is 2.45. The van der Waals surface area contributed by atoms with Crippen LogP contribution >= 0.6 is 0 Å². The first kappa shape index (κ1) is 14.9. The van der Waals surface area contributed by atoms with Crippen LogP contribution in [0.3, 0.4) is 0 Å². The van der Waals surface area contributed by atoms with E-state index in [-0.39, 0.29) is 5.91 Å². The van der Waals surface area contributed by atoms with Gasteiger partial charge in [0, 0.05) is 19.7 Å². The second kappa shape index (κ2) is 6.27. The monoisotopic (exact) mass is 277 g/mol. The fraction of sp³-hybridized carbons (Fsp3) is 0.562. The Labute approximate surface area is 120 Å². The van der Waals surface area contributed by atoms with E-state index in [9.17, 15) is 9.90 Å². The van der Waals surface area contributed by atoms with Gasteiger partial charge in [-0.1, -0.05) is 25.3 Å². The van der Waals surface area contributed by atoms with E-state index in [0.717, 1.165) is 25.7 Å². The molecule has 0 aromatic heterocycles. The number of hydrogen-bond acceptors (Lipinski definition) is 3. The van der Waals surface area contributed by atoms with Crippen molar-refractivity contribution in [1.29, 1.82) is 0 Å². The summed E-state index contributed by atoms with van der Waals surface area (Å²) in [7, 11) is 3.45. The lowest BCUT2D eigenvalue weighted by atomic mass is 9.85. The van der Waals surface area contributed by atoms with Gasteiger partial charge in [-0.05, 0) is 31.0 Å². The molecule has 0 saturated heterocycles. The Morgan fingerprint density at radius 1 is 1.30 bits per heavy atom. The van der Waals surface area contributed by atoms with Crippen LogP contribution in [0, 0.1) is 0 Å². The van der Waals surface area contributed by atoms with Crippen molar-refractivity contribution in [2.45, 2.75) is 37.7 Å². The van der Waals surface area contributed by atoms with Crippen LogP contribution in [0.15, 0.2) is 24.3 Å². The van der Waals surface area contributed by atoms with Gasteiger partial charge < -0.3 is 14.7 Å². The highest BCUT2D eigenvalue weighted by atomic mass is 16.5. The lowest BCUT2D eigenvalue weighted by Crippen LogP contribution is -2.37. The number of hydrogen-bond donors (Lipinski definition) is 1. The molecule has 110 valence electrons. The Morgan fingerprint density at radius 2 is 2.00 bits per heavy atom. The van der Waals surface area contributed by atoms with Crippen molar-refractivity contribution in [3.05, 3.63) is 29.8 Å². The number of nitrogens with zero attached hydrogens (tertiary/aromatic N) is 1. The minimum absolute atomic E-state index is 0.0492. The molecule has 1 aromatic carbocycles. The van der Waals surface area contributed by atoms with Crippen molar-refractivity contribution in [2.24, 2.45) is 0 Å². The molecule has 2 rings (SSSR count). The summed E-state index contributed by atoms with van der Waals surface area (Å²) in [5, 5.41) is 10.4. The van der Waals surface area contributed by atoms with Crippen molar-refractivity contribution in [2.75, 3.05) is 20.7 Å². The van der Waals surface area contributed by atoms with Crippen LogP contribution in [-0.2, 0) is 0 Å². The van der Waals surface area contributed by atoms with Gasteiger partial charge in [-0.2, -0.15) is 0 Å². The fourth-order valence-electron chi connectivity index (χ4n) is 2.55. The molecular formula is C16H23NO3. The number of aliphatic hydroxyl groups is 1. The average molecular weight is 277 g/mol. The standard InChI is InChI=1S/C16H23NO3/c1-17(2)15(18)13-7-6-8-14(11-13)20-12-16(19)9-4-3-5-10-16/h6-8,11,19H,3-5,9-10,12H2,1-2H3. The highest BCUT2D eigenvalue weighted by molar-refractivity contribution is 5.94. The molecule has 0 bridgehead atoms. The van der Waals surface area contributed by atoms with Gasteiger partial charge in [-0.15, -0.1) is 0 Å². The van der Waals surface area contributed by atoms with Gasteiger partial charge in [-0.25, -0.2) is 0 Å². The van der Waals surface area contributed by atoms with Gasteiger partial charge in [0.05, 0.1) is 5.60 Å². The maximum absolute atomic E-state index is 11.9. The zero-order chi connectivity index (χ0) is 14.6. The molecule has 1 fully saturated rings. The van der Waals surface area contributed by atoms with Crippen LogP contribution in [0.4, 0.5) is 0 Å². The van der Waals surface area contributed by atoms with Gasteiger partial charge >= 0.3 is 0 Å². The molecule has 1 saturated carbocycles. The first-order valence-electron chi connectivity index (χ1n) is 7.17. The first-order valence-corrected chi connectivity index (χ1v) is 7.17. The molecule has 1 aromatic rings. The van der Waals surface area contributed by atoms with Crippen LogP contribution < -0.4 is 4.74 Å². The Kier molecular flexibility index (Phi) is 4.65. The molecule has 1 amide bonds. The van der Waals surface area contributed by atoms with Crippen molar-refractivity contribution < 1.29 is 14.6 Å². The van der Waals surface area contributed by atoms with E-state index >= 15 is 0 Å². The minimum atomic E-state index is -0.709. The minimum Gasteiger partial charge on any atom is -0.491 e. The van der Waals surface area contributed by atoms with Crippen LogP contribution in [0.1, 0.15) is 42.5 Å². The van der Waals surface area contributed by atoms with E-state index in [1.54, 1.807) is 32.3 Å². The molecule has 1 aliphatic carbocycles. The molecule has 0 unspecified atom stereocenters. The number of rotatable bonds is 4. The molecule has 4 nitrogen and oxygen atoms in total. The first-order chi connectivity index (χ1) is 9.50. The summed E-state index contributed by atoms with van der Waals surface area (Å²) >= 11 is 0. The fourth-order valence-corrected chi connectivity index (χ4v) is 2.55. The highest BCUT2D eigenvalue weighted by Crippen LogP contribution is 2.29. The van der Waals surface area contributed by atoms with Gasteiger partial charge in [0.2, 0.25) is 0 Å². The van der Waals surface area contributed by atoms with E-state index in [2.05, 4.69) is 0 Å². The van der Waals surface area contributed by atoms with E-state index in [4.69, 9.17) is 4.74 Å². The number of carbonyl (C=O) groups excluding carboxylic acids is 1. The van der Waals surface area contributed by atoms with Gasteiger partial charge in [0.15, 0.2) is 0 Å². The van der Waals surface area contributed by atoms with Crippen LogP contribution in [0.2, 0.25) is 0 Å². The Hall–Kier alpha value is -1.55. The Bertz CT molecular complexity index is 465.